The molecule has 2 aromatic carbocycles. The first kappa shape index (κ1) is 20.2. The van der Waals surface area contributed by atoms with Gasteiger partial charge in [0.05, 0.1) is 18.9 Å². The number of benzene rings is 2. The number of hydrogen-bond donors (Lipinski definition) is 1. The van der Waals surface area contributed by atoms with Crippen LogP contribution in [0.4, 0.5) is 11.6 Å². The first-order valence-electron chi connectivity index (χ1n) is 11.0. The quantitative estimate of drug-likeness (QED) is 0.353. The van der Waals surface area contributed by atoms with Crippen molar-refractivity contribution in [1.82, 2.24) is 14.6 Å². The maximum atomic E-state index is 5.54. The van der Waals surface area contributed by atoms with Crippen LogP contribution in [-0.4, -0.2) is 47.1 Å². The summed E-state index contributed by atoms with van der Waals surface area (Å²) >= 11 is 0. The molecule has 5 rings (SSSR count). The fraction of sp³-hybridized carbons (Fsp3) is 0.240. The van der Waals surface area contributed by atoms with Crippen molar-refractivity contribution in [1.29, 1.82) is 0 Å². The molecule has 32 heavy (non-hydrogen) atoms. The van der Waals surface area contributed by atoms with E-state index in [2.05, 4.69) is 51.8 Å². The summed E-state index contributed by atoms with van der Waals surface area (Å²) in [5.41, 5.74) is 7.17. The highest BCUT2D eigenvalue weighted by atomic mass is 16.5. The summed E-state index contributed by atoms with van der Waals surface area (Å²) in [6, 6.07) is 24.6. The Morgan fingerprint density at radius 1 is 0.969 bits per heavy atom. The molecule has 1 aliphatic heterocycles. The number of fused-ring (bicyclic) bond motifs is 1. The molecule has 0 radical (unpaired) electrons. The van der Waals surface area contributed by atoms with Gasteiger partial charge in [-0.15, -0.1) is 0 Å². The van der Waals surface area contributed by atoms with Crippen LogP contribution in [0, 0.1) is 0 Å². The van der Waals surface area contributed by atoms with E-state index in [0.717, 1.165) is 48.7 Å². The highest BCUT2D eigenvalue weighted by Crippen LogP contribution is 2.25. The number of aryl methyl sites for hydroxylation is 1. The summed E-state index contributed by atoms with van der Waals surface area (Å²) in [4.78, 5) is 7.03. The third kappa shape index (κ3) is 4.63. The van der Waals surface area contributed by atoms with Gasteiger partial charge in [-0.25, -0.2) is 4.98 Å². The predicted molar refractivity (Wildman–Crippen MR) is 128 cm³/mol. The highest BCUT2D eigenvalue weighted by molar-refractivity contribution is 5.68. The Balaban J connectivity index is 1.39. The number of morpholine rings is 1. The molecule has 0 amide bonds. The summed E-state index contributed by atoms with van der Waals surface area (Å²) in [5, 5.41) is 9.25. The lowest BCUT2D eigenvalue weighted by molar-refractivity contribution is 0.122. The number of nitrogens with one attached hydrogen (secondary N) is 1. The van der Waals surface area contributed by atoms with E-state index in [1.54, 1.807) is 0 Å². The number of hydrazone groups is 1. The third-order valence-corrected chi connectivity index (χ3v) is 5.49. The molecule has 1 saturated heterocycles. The van der Waals surface area contributed by atoms with Crippen LogP contribution in [0.25, 0.3) is 16.9 Å². The van der Waals surface area contributed by atoms with Crippen molar-refractivity contribution in [3.63, 3.8) is 0 Å². The van der Waals surface area contributed by atoms with Crippen LogP contribution in [0.2, 0.25) is 0 Å². The van der Waals surface area contributed by atoms with Crippen molar-refractivity contribution < 1.29 is 4.74 Å². The van der Waals surface area contributed by atoms with E-state index >= 15 is 0 Å². The molecule has 2 aromatic heterocycles. The summed E-state index contributed by atoms with van der Waals surface area (Å²) in [5.74, 6) is 1.69. The van der Waals surface area contributed by atoms with Crippen LogP contribution in [0.1, 0.15) is 12.0 Å². The monoisotopic (exact) mass is 426 g/mol. The molecular weight excluding hydrogens is 400 g/mol. The number of anilines is 2. The number of nitrogens with zero attached hydrogens (tertiary/aromatic N) is 5. The summed E-state index contributed by atoms with van der Waals surface area (Å²) in [6.07, 6.45) is 3.72. The Bertz CT molecular complexity index is 1180. The van der Waals surface area contributed by atoms with Crippen molar-refractivity contribution in [2.24, 2.45) is 5.10 Å². The third-order valence-electron chi connectivity index (χ3n) is 5.49. The van der Waals surface area contributed by atoms with Crippen LogP contribution in [-0.2, 0) is 11.2 Å². The van der Waals surface area contributed by atoms with E-state index in [9.17, 15) is 0 Å². The molecule has 0 unspecified atom stereocenters. The van der Waals surface area contributed by atoms with E-state index in [-0.39, 0.29) is 0 Å². The molecule has 7 nitrogen and oxygen atoms in total. The normalized spacial score (nSPS) is 14.3. The lowest BCUT2D eigenvalue weighted by Gasteiger charge is -2.29. The fourth-order valence-corrected chi connectivity index (χ4v) is 3.84. The molecule has 7 heteroatoms. The second-order valence-electron chi connectivity index (χ2n) is 7.71. The molecule has 1 N–H and O–H groups in total. The fourth-order valence-electron chi connectivity index (χ4n) is 3.84. The average Bonchev–Trinajstić information content (AvgIpc) is 3.29. The van der Waals surface area contributed by atoms with E-state index in [1.165, 1.54) is 5.56 Å². The van der Waals surface area contributed by atoms with Crippen molar-refractivity contribution in [2.45, 2.75) is 12.8 Å². The Hall–Kier alpha value is -3.71. The van der Waals surface area contributed by atoms with Gasteiger partial charge in [0.1, 0.15) is 5.82 Å². The Kier molecular flexibility index (Phi) is 6.07. The van der Waals surface area contributed by atoms with Gasteiger partial charge in [0.2, 0.25) is 0 Å². The van der Waals surface area contributed by atoms with Gasteiger partial charge in [0, 0.05) is 37.0 Å². The summed E-state index contributed by atoms with van der Waals surface area (Å²) in [7, 11) is 0. The van der Waals surface area contributed by atoms with Crippen LogP contribution in [0.3, 0.4) is 0 Å². The Labute approximate surface area is 187 Å². The van der Waals surface area contributed by atoms with Gasteiger partial charge < -0.3 is 9.64 Å². The molecule has 1 fully saturated rings. The minimum absolute atomic E-state index is 0.703. The minimum atomic E-state index is 0.703. The van der Waals surface area contributed by atoms with Crippen LogP contribution >= 0.6 is 0 Å². The van der Waals surface area contributed by atoms with E-state index in [4.69, 9.17) is 14.8 Å². The van der Waals surface area contributed by atoms with Crippen LogP contribution < -0.4 is 10.3 Å². The maximum absolute atomic E-state index is 5.54. The molecule has 0 spiro atoms. The zero-order valence-corrected chi connectivity index (χ0v) is 17.9. The number of ether oxygens (including phenoxy) is 1. The second kappa shape index (κ2) is 9.62. The molecular formula is C25H26N6O. The Morgan fingerprint density at radius 2 is 1.72 bits per heavy atom. The number of hydrogen-bond acceptors (Lipinski definition) is 6. The first-order chi connectivity index (χ1) is 15.9. The number of aromatic nitrogens is 3. The first-order valence-corrected chi connectivity index (χ1v) is 11.0. The van der Waals surface area contributed by atoms with E-state index in [1.807, 2.05) is 47.1 Å². The SMILES string of the molecule is C(CCc1ccccc1)=NNc1cc(N2CCOCC2)n2nc(-c3ccccc3)cc2n1. The zero-order chi connectivity index (χ0) is 21.6. The molecule has 4 aromatic rings. The molecule has 0 atom stereocenters. The number of rotatable bonds is 7. The van der Waals surface area contributed by atoms with Gasteiger partial charge in [-0.3, -0.25) is 5.43 Å². The van der Waals surface area contributed by atoms with Gasteiger partial charge in [-0.05, 0) is 18.4 Å². The second-order valence-corrected chi connectivity index (χ2v) is 7.71. The van der Waals surface area contributed by atoms with Gasteiger partial charge in [0.25, 0.3) is 0 Å². The van der Waals surface area contributed by atoms with Crippen molar-refractivity contribution in [3.8, 4) is 11.3 Å². The highest BCUT2D eigenvalue weighted by Gasteiger charge is 2.18. The summed E-state index contributed by atoms with van der Waals surface area (Å²) in [6.45, 7) is 3.05. The molecule has 3 heterocycles. The molecule has 0 bridgehead atoms. The van der Waals surface area contributed by atoms with Crippen LogP contribution in [0.5, 0.6) is 0 Å². The lowest BCUT2D eigenvalue weighted by atomic mass is 10.1. The van der Waals surface area contributed by atoms with Crippen molar-refractivity contribution in [3.05, 3.63) is 78.4 Å². The Morgan fingerprint density at radius 3 is 2.50 bits per heavy atom. The molecule has 0 saturated carbocycles. The molecule has 162 valence electrons. The standard InChI is InChI=1S/C25H26N6O/c1-3-8-20(9-4-1)10-7-13-26-28-23-19-25(30-14-16-32-17-15-30)31-24(27-23)18-22(29-31)21-11-5-2-6-12-21/h1-6,8-9,11-13,18-19H,7,10,14-17H2,(H,27,28). The lowest BCUT2D eigenvalue weighted by Crippen LogP contribution is -2.37. The molecule has 0 aliphatic carbocycles. The van der Waals surface area contributed by atoms with E-state index < -0.39 is 0 Å². The van der Waals surface area contributed by atoms with Crippen molar-refractivity contribution in [2.75, 3.05) is 36.6 Å². The van der Waals surface area contributed by atoms with Gasteiger partial charge in [0.15, 0.2) is 11.5 Å². The van der Waals surface area contributed by atoms with Gasteiger partial charge in [-0.2, -0.15) is 14.7 Å². The average molecular weight is 427 g/mol. The van der Waals surface area contributed by atoms with E-state index in [0.29, 0.717) is 19.0 Å². The smallest absolute Gasteiger partial charge is 0.160 e. The maximum Gasteiger partial charge on any atom is 0.160 e. The van der Waals surface area contributed by atoms with Crippen LogP contribution in [0.15, 0.2) is 77.9 Å². The topological polar surface area (TPSA) is 67.0 Å². The molecule has 1 aliphatic rings. The van der Waals surface area contributed by atoms with Crippen molar-refractivity contribution >= 4 is 23.5 Å². The van der Waals surface area contributed by atoms with Gasteiger partial charge in [-0.1, -0.05) is 60.7 Å². The van der Waals surface area contributed by atoms with Gasteiger partial charge >= 0.3 is 0 Å². The summed E-state index contributed by atoms with van der Waals surface area (Å²) < 4.78 is 7.45. The minimum Gasteiger partial charge on any atom is -0.378 e. The zero-order valence-electron chi connectivity index (χ0n) is 17.9. The largest absolute Gasteiger partial charge is 0.378 e. The predicted octanol–water partition coefficient (Wildman–Crippen LogP) is 4.26.